The largest absolute Gasteiger partial charge is 0.379 e. The van der Waals surface area contributed by atoms with Crippen molar-refractivity contribution in [2.75, 3.05) is 13.2 Å². The molecule has 1 amide bonds. The van der Waals surface area contributed by atoms with Gasteiger partial charge in [-0.25, -0.2) is 0 Å². The van der Waals surface area contributed by atoms with Crippen LogP contribution in [0.4, 0.5) is 0 Å². The number of pyridine rings is 1. The van der Waals surface area contributed by atoms with Crippen molar-refractivity contribution in [1.82, 2.24) is 20.5 Å². The number of hydrogen-bond acceptors (Lipinski definition) is 4. The molecule has 0 aliphatic carbocycles. The number of benzene rings is 1. The number of hydrogen-bond donors (Lipinski definition) is 2. The summed E-state index contributed by atoms with van der Waals surface area (Å²) < 4.78 is 5.69. The first kappa shape index (κ1) is 17.7. The Morgan fingerprint density at radius 1 is 1.30 bits per heavy atom. The Labute approximate surface area is 158 Å². The van der Waals surface area contributed by atoms with Crippen molar-refractivity contribution in [3.63, 3.8) is 0 Å². The van der Waals surface area contributed by atoms with Crippen LogP contribution in [-0.4, -0.2) is 40.3 Å². The van der Waals surface area contributed by atoms with Crippen LogP contribution in [0.15, 0.2) is 36.5 Å². The predicted molar refractivity (Wildman–Crippen MR) is 104 cm³/mol. The molecule has 6 nitrogen and oxygen atoms in total. The van der Waals surface area contributed by atoms with Crippen molar-refractivity contribution in [1.29, 1.82) is 0 Å². The van der Waals surface area contributed by atoms with Crippen LogP contribution in [-0.2, 0) is 17.6 Å². The topological polar surface area (TPSA) is 79.9 Å². The lowest BCUT2D eigenvalue weighted by Gasteiger charge is -2.19. The number of fused-ring (bicyclic) bond motifs is 1. The molecule has 1 saturated heterocycles. The van der Waals surface area contributed by atoms with Gasteiger partial charge < -0.3 is 10.1 Å². The van der Waals surface area contributed by atoms with E-state index in [-0.39, 0.29) is 17.9 Å². The molecule has 3 heterocycles. The summed E-state index contributed by atoms with van der Waals surface area (Å²) >= 11 is 0. The SMILES string of the molecule is CCc1[nH]nc(C(=O)NC2COCC2Cc2ccnc3ccccc23)c1C. The molecular weight excluding hydrogens is 340 g/mol. The van der Waals surface area contributed by atoms with Crippen molar-refractivity contribution >= 4 is 16.8 Å². The van der Waals surface area contributed by atoms with Crippen LogP contribution in [0.5, 0.6) is 0 Å². The quantitative estimate of drug-likeness (QED) is 0.730. The molecule has 0 radical (unpaired) electrons. The number of aromatic amines is 1. The molecular formula is C21H24N4O2. The number of aromatic nitrogens is 3. The van der Waals surface area contributed by atoms with Gasteiger partial charge in [-0.15, -0.1) is 0 Å². The van der Waals surface area contributed by atoms with Crippen LogP contribution in [0.25, 0.3) is 10.9 Å². The Morgan fingerprint density at radius 2 is 2.15 bits per heavy atom. The fourth-order valence-corrected chi connectivity index (χ4v) is 3.81. The number of nitrogens with one attached hydrogen (secondary N) is 2. The minimum absolute atomic E-state index is 0.0226. The summed E-state index contributed by atoms with van der Waals surface area (Å²) in [5.41, 5.74) is 4.63. The zero-order valence-electron chi connectivity index (χ0n) is 15.7. The van der Waals surface area contributed by atoms with E-state index >= 15 is 0 Å². The van der Waals surface area contributed by atoms with Gasteiger partial charge in [0.2, 0.25) is 0 Å². The number of nitrogens with zero attached hydrogens (tertiary/aromatic N) is 2. The maximum Gasteiger partial charge on any atom is 0.272 e. The lowest BCUT2D eigenvalue weighted by Crippen LogP contribution is -2.41. The molecule has 140 valence electrons. The lowest BCUT2D eigenvalue weighted by atomic mass is 9.93. The van der Waals surface area contributed by atoms with E-state index in [2.05, 4.69) is 32.6 Å². The Kier molecular flexibility index (Phi) is 4.90. The van der Waals surface area contributed by atoms with Gasteiger partial charge in [0.05, 0.1) is 24.8 Å². The molecule has 1 fully saturated rings. The number of carbonyl (C=O) groups excluding carboxylic acids is 1. The molecule has 3 aromatic rings. The molecule has 0 spiro atoms. The molecule has 1 aliphatic rings. The van der Waals surface area contributed by atoms with E-state index in [0.29, 0.717) is 18.9 Å². The maximum absolute atomic E-state index is 12.7. The van der Waals surface area contributed by atoms with E-state index in [4.69, 9.17) is 4.74 Å². The van der Waals surface area contributed by atoms with Gasteiger partial charge in [0, 0.05) is 28.8 Å². The Balaban J connectivity index is 1.50. The number of para-hydroxylation sites is 1. The maximum atomic E-state index is 12.7. The van der Waals surface area contributed by atoms with Crippen LogP contribution in [0.1, 0.15) is 34.2 Å². The summed E-state index contributed by atoms with van der Waals surface area (Å²) in [4.78, 5) is 17.1. The number of carbonyl (C=O) groups is 1. The third-order valence-electron chi connectivity index (χ3n) is 5.42. The summed E-state index contributed by atoms with van der Waals surface area (Å²) in [5.74, 6) is 0.0909. The smallest absolute Gasteiger partial charge is 0.272 e. The fourth-order valence-electron chi connectivity index (χ4n) is 3.81. The zero-order chi connectivity index (χ0) is 18.8. The Morgan fingerprint density at radius 3 is 2.96 bits per heavy atom. The summed E-state index contributed by atoms with van der Waals surface area (Å²) in [7, 11) is 0. The highest BCUT2D eigenvalue weighted by Crippen LogP contribution is 2.24. The molecule has 0 saturated carbocycles. The lowest BCUT2D eigenvalue weighted by molar-refractivity contribution is 0.0919. The molecule has 1 aliphatic heterocycles. The first-order chi connectivity index (χ1) is 13.2. The van der Waals surface area contributed by atoms with Gasteiger partial charge in [-0.3, -0.25) is 14.9 Å². The monoisotopic (exact) mass is 364 g/mol. The summed E-state index contributed by atoms with van der Waals surface area (Å²) in [6.07, 6.45) is 3.52. The van der Waals surface area contributed by atoms with Crippen LogP contribution < -0.4 is 5.32 Å². The van der Waals surface area contributed by atoms with Gasteiger partial charge in [0.1, 0.15) is 0 Å². The zero-order valence-corrected chi connectivity index (χ0v) is 15.7. The number of ether oxygens (including phenoxy) is 1. The van der Waals surface area contributed by atoms with Gasteiger partial charge in [-0.1, -0.05) is 25.1 Å². The highest BCUT2D eigenvalue weighted by molar-refractivity contribution is 5.94. The third-order valence-corrected chi connectivity index (χ3v) is 5.42. The standard InChI is InChI=1S/C21H24N4O2/c1-3-17-13(2)20(25-24-17)21(26)23-19-12-27-11-15(19)10-14-8-9-22-18-7-5-4-6-16(14)18/h4-9,15,19H,3,10-12H2,1-2H3,(H,23,26)(H,24,25). The van der Waals surface area contributed by atoms with Crippen LogP contribution in [0.2, 0.25) is 0 Å². The van der Waals surface area contributed by atoms with Crippen molar-refractivity contribution < 1.29 is 9.53 Å². The number of rotatable bonds is 5. The van der Waals surface area contributed by atoms with Crippen molar-refractivity contribution in [2.24, 2.45) is 5.92 Å². The second kappa shape index (κ2) is 7.48. The molecule has 2 unspecified atom stereocenters. The Hall–Kier alpha value is -2.73. The van der Waals surface area contributed by atoms with Crippen molar-refractivity contribution in [3.05, 3.63) is 59.0 Å². The van der Waals surface area contributed by atoms with E-state index in [9.17, 15) is 4.79 Å². The normalized spacial score (nSPS) is 19.5. The second-order valence-electron chi connectivity index (χ2n) is 7.10. The molecule has 0 bridgehead atoms. The summed E-state index contributed by atoms with van der Waals surface area (Å²) in [6.45, 7) is 5.15. The minimum atomic E-state index is -0.136. The first-order valence-electron chi connectivity index (χ1n) is 9.42. The van der Waals surface area contributed by atoms with E-state index in [1.807, 2.05) is 38.2 Å². The van der Waals surface area contributed by atoms with Gasteiger partial charge in [0.25, 0.3) is 5.91 Å². The van der Waals surface area contributed by atoms with Crippen LogP contribution in [0, 0.1) is 12.8 Å². The van der Waals surface area contributed by atoms with E-state index in [1.165, 1.54) is 5.56 Å². The van der Waals surface area contributed by atoms with Gasteiger partial charge >= 0.3 is 0 Å². The van der Waals surface area contributed by atoms with Crippen LogP contribution >= 0.6 is 0 Å². The number of amides is 1. The number of H-pyrrole nitrogens is 1. The molecule has 4 rings (SSSR count). The molecule has 27 heavy (non-hydrogen) atoms. The molecule has 6 heteroatoms. The first-order valence-corrected chi connectivity index (χ1v) is 9.42. The van der Waals surface area contributed by atoms with Gasteiger partial charge in [-0.05, 0) is 37.5 Å². The average Bonchev–Trinajstić information content (AvgIpc) is 3.28. The van der Waals surface area contributed by atoms with E-state index < -0.39 is 0 Å². The van der Waals surface area contributed by atoms with Crippen molar-refractivity contribution in [3.8, 4) is 0 Å². The molecule has 2 N–H and O–H groups in total. The molecule has 2 aromatic heterocycles. The van der Waals surface area contributed by atoms with Gasteiger partial charge in [0.15, 0.2) is 5.69 Å². The second-order valence-corrected chi connectivity index (χ2v) is 7.10. The van der Waals surface area contributed by atoms with Gasteiger partial charge in [-0.2, -0.15) is 5.10 Å². The van der Waals surface area contributed by atoms with Crippen molar-refractivity contribution in [2.45, 2.75) is 32.7 Å². The third kappa shape index (κ3) is 3.45. The summed E-state index contributed by atoms with van der Waals surface area (Å²) in [6, 6.07) is 10.2. The number of aryl methyl sites for hydroxylation is 1. The molecule has 2 atom stereocenters. The highest BCUT2D eigenvalue weighted by atomic mass is 16.5. The van der Waals surface area contributed by atoms with E-state index in [1.54, 1.807) is 0 Å². The predicted octanol–water partition coefficient (Wildman–Crippen LogP) is 2.82. The molecule has 1 aromatic carbocycles. The average molecular weight is 364 g/mol. The van der Waals surface area contributed by atoms with E-state index in [0.717, 1.165) is 35.0 Å². The Bertz CT molecular complexity index is 960. The highest BCUT2D eigenvalue weighted by Gasteiger charge is 2.31. The fraction of sp³-hybridized carbons (Fsp3) is 0.381. The van der Waals surface area contributed by atoms with Crippen LogP contribution in [0.3, 0.4) is 0 Å². The summed E-state index contributed by atoms with van der Waals surface area (Å²) in [5, 5.41) is 11.4. The minimum Gasteiger partial charge on any atom is -0.379 e.